The second-order valence-corrected chi connectivity index (χ2v) is 7.80. The molecule has 8 heteroatoms. The summed E-state index contributed by atoms with van der Waals surface area (Å²) in [6.07, 6.45) is 0.775. The first-order valence-corrected chi connectivity index (χ1v) is 10.0. The molecule has 0 radical (unpaired) electrons. The van der Waals surface area contributed by atoms with Crippen molar-refractivity contribution in [2.45, 2.75) is 51.4 Å². The molecule has 0 atom stereocenters. The Bertz CT molecular complexity index is 877. The number of alkyl halides is 3. The van der Waals surface area contributed by atoms with Crippen LogP contribution in [-0.4, -0.2) is 23.5 Å². The molecule has 162 valence electrons. The number of aryl methyl sites for hydroxylation is 1. The Hall–Kier alpha value is -2.48. The van der Waals surface area contributed by atoms with Crippen LogP contribution in [0.4, 0.5) is 17.6 Å². The van der Waals surface area contributed by atoms with Crippen molar-refractivity contribution < 1.29 is 22.4 Å². The number of rotatable bonds is 6. The number of carbonyl (C=O) groups is 1. The van der Waals surface area contributed by atoms with Crippen LogP contribution in [0.2, 0.25) is 0 Å². The lowest BCUT2D eigenvalue weighted by Crippen LogP contribution is -2.37. The number of nitrogens with one attached hydrogen (secondary N) is 2. The van der Waals surface area contributed by atoms with Crippen LogP contribution >= 0.6 is 0 Å². The molecule has 0 unspecified atom stereocenters. The van der Waals surface area contributed by atoms with E-state index in [1.54, 1.807) is 6.20 Å². The van der Waals surface area contributed by atoms with Crippen LogP contribution in [0, 0.1) is 18.7 Å². The highest BCUT2D eigenvalue weighted by atomic mass is 19.4. The Morgan fingerprint density at radius 1 is 1.17 bits per heavy atom. The number of hydrogen-bond acceptors (Lipinski definition) is 3. The second kappa shape index (κ2) is 9.55. The van der Waals surface area contributed by atoms with Gasteiger partial charge in [0.25, 0.3) is 5.91 Å². The highest BCUT2D eigenvalue weighted by Gasteiger charge is 2.32. The van der Waals surface area contributed by atoms with Crippen molar-refractivity contribution in [3.63, 3.8) is 0 Å². The summed E-state index contributed by atoms with van der Waals surface area (Å²) in [5, 5.41) is 6.17. The van der Waals surface area contributed by atoms with E-state index in [1.807, 2.05) is 19.1 Å². The van der Waals surface area contributed by atoms with Gasteiger partial charge in [-0.25, -0.2) is 4.39 Å². The number of carbonyl (C=O) groups excluding carboxylic acids is 1. The Morgan fingerprint density at radius 3 is 2.57 bits per heavy atom. The van der Waals surface area contributed by atoms with Crippen molar-refractivity contribution in [1.29, 1.82) is 0 Å². The van der Waals surface area contributed by atoms with Gasteiger partial charge in [0.1, 0.15) is 5.82 Å². The predicted molar refractivity (Wildman–Crippen MR) is 105 cm³/mol. The number of nitrogens with zero attached hydrogens (tertiary/aromatic N) is 1. The Morgan fingerprint density at radius 2 is 1.90 bits per heavy atom. The van der Waals surface area contributed by atoms with Crippen molar-refractivity contribution in [2.24, 2.45) is 5.92 Å². The predicted octanol–water partition coefficient (Wildman–Crippen LogP) is 4.63. The van der Waals surface area contributed by atoms with Crippen molar-refractivity contribution >= 4 is 5.91 Å². The maximum absolute atomic E-state index is 13.5. The summed E-state index contributed by atoms with van der Waals surface area (Å²) in [6.45, 7) is 3.10. The van der Waals surface area contributed by atoms with E-state index in [2.05, 4.69) is 15.6 Å². The fraction of sp³-hybridized carbons (Fsp3) is 0.455. The molecule has 1 aliphatic rings. The van der Waals surface area contributed by atoms with Gasteiger partial charge in [-0.3, -0.25) is 9.78 Å². The topological polar surface area (TPSA) is 54.0 Å². The summed E-state index contributed by atoms with van der Waals surface area (Å²) in [6, 6.07) is 6.20. The molecule has 1 saturated carbocycles. The summed E-state index contributed by atoms with van der Waals surface area (Å²) in [5.41, 5.74) is 0.693. The minimum absolute atomic E-state index is 0.249. The van der Waals surface area contributed by atoms with Gasteiger partial charge in [-0.05, 0) is 68.4 Å². The monoisotopic (exact) mass is 423 g/mol. The number of benzene rings is 1. The average molecular weight is 423 g/mol. The molecule has 0 saturated heterocycles. The van der Waals surface area contributed by atoms with Gasteiger partial charge >= 0.3 is 6.18 Å². The van der Waals surface area contributed by atoms with Crippen LogP contribution in [0.3, 0.4) is 0 Å². The molecule has 30 heavy (non-hydrogen) atoms. The van der Waals surface area contributed by atoms with Gasteiger partial charge in [-0.2, -0.15) is 13.2 Å². The SMILES string of the molecule is Cc1cccnc1CN[C@H]1CC[C@@H](CNC(=O)c2cc(F)cc(C(F)(F)F)c2)CC1. The van der Waals surface area contributed by atoms with Crippen molar-refractivity contribution in [3.05, 3.63) is 64.7 Å². The van der Waals surface area contributed by atoms with Gasteiger partial charge in [-0.15, -0.1) is 0 Å². The van der Waals surface area contributed by atoms with Crippen LogP contribution in [0.5, 0.6) is 0 Å². The molecule has 1 heterocycles. The van der Waals surface area contributed by atoms with Gasteiger partial charge < -0.3 is 10.6 Å². The highest BCUT2D eigenvalue weighted by molar-refractivity contribution is 5.94. The summed E-state index contributed by atoms with van der Waals surface area (Å²) in [5.74, 6) is -1.52. The number of aromatic nitrogens is 1. The largest absolute Gasteiger partial charge is 0.416 e. The highest BCUT2D eigenvalue weighted by Crippen LogP contribution is 2.30. The zero-order chi connectivity index (χ0) is 21.7. The molecular formula is C22H25F4N3O. The van der Waals surface area contributed by atoms with E-state index in [9.17, 15) is 22.4 Å². The van der Waals surface area contributed by atoms with Gasteiger partial charge in [0.05, 0.1) is 11.3 Å². The van der Waals surface area contributed by atoms with E-state index >= 15 is 0 Å². The Balaban J connectivity index is 1.45. The average Bonchev–Trinajstić information content (AvgIpc) is 2.71. The third-order valence-corrected chi connectivity index (χ3v) is 5.56. The maximum atomic E-state index is 13.5. The first-order valence-electron chi connectivity index (χ1n) is 10.0. The lowest BCUT2D eigenvalue weighted by Gasteiger charge is -2.29. The number of hydrogen-bond donors (Lipinski definition) is 2. The first kappa shape index (κ1) is 22.2. The molecule has 0 aliphatic heterocycles. The summed E-state index contributed by atoms with van der Waals surface area (Å²) < 4.78 is 51.9. The molecule has 2 aromatic rings. The lowest BCUT2D eigenvalue weighted by molar-refractivity contribution is -0.137. The van der Waals surface area contributed by atoms with E-state index in [4.69, 9.17) is 0 Å². The summed E-state index contributed by atoms with van der Waals surface area (Å²) in [7, 11) is 0. The van der Waals surface area contributed by atoms with E-state index < -0.39 is 23.5 Å². The Kier molecular flexibility index (Phi) is 7.07. The maximum Gasteiger partial charge on any atom is 0.416 e. The third-order valence-electron chi connectivity index (χ3n) is 5.56. The van der Waals surface area contributed by atoms with Crippen LogP contribution < -0.4 is 10.6 Å². The molecule has 2 N–H and O–H groups in total. The van der Waals surface area contributed by atoms with Crippen LogP contribution in [0.1, 0.15) is 52.9 Å². The minimum atomic E-state index is -4.70. The molecule has 1 aromatic heterocycles. The second-order valence-electron chi connectivity index (χ2n) is 7.80. The van der Waals surface area contributed by atoms with E-state index in [1.165, 1.54) is 0 Å². The molecule has 1 fully saturated rings. The summed E-state index contributed by atoms with van der Waals surface area (Å²) in [4.78, 5) is 16.6. The molecule has 3 rings (SSSR count). The minimum Gasteiger partial charge on any atom is -0.352 e. The third kappa shape index (κ3) is 6.01. The molecule has 0 spiro atoms. The van der Waals surface area contributed by atoms with Crippen molar-refractivity contribution in [1.82, 2.24) is 15.6 Å². The first-order chi connectivity index (χ1) is 14.2. The van der Waals surface area contributed by atoms with Crippen molar-refractivity contribution in [3.8, 4) is 0 Å². The normalized spacial score (nSPS) is 19.5. The van der Waals surface area contributed by atoms with Gasteiger partial charge in [0.2, 0.25) is 0 Å². The van der Waals surface area contributed by atoms with E-state index in [-0.39, 0.29) is 11.5 Å². The van der Waals surface area contributed by atoms with E-state index in [0.717, 1.165) is 43.0 Å². The fourth-order valence-electron chi connectivity index (χ4n) is 3.74. The van der Waals surface area contributed by atoms with E-state index in [0.29, 0.717) is 31.3 Å². The Labute approximate surface area is 173 Å². The van der Waals surface area contributed by atoms with Crippen molar-refractivity contribution in [2.75, 3.05) is 6.54 Å². The number of pyridine rings is 1. The van der Waals surface area contributed by atoms with Crippen LogP contribution in [0.15, 0.2) is 36.5 Å². The molecule has 4 nitrogen and oxygen atoms in total. The molecule has 1 amide bonds. The zero-order valence-electron chi connectivity index (χ0n) is 16.7. The van der Waals surface area contributed by atoms with Gasteiger partial charge in [-0.1, -0.05) is 6.07 Å². The molecule has 1 aliphatic carbocycles. The zero-order valence-corrected chi connectivity index (χ0v) is 16.7. The van der Waals surface area contributed by atoms with Gasteiger partial charge in [0, 0.05) is 30.9 Å². The quantitative estimate of drug-likeness (QED) is 0.667. The smallest absolute Gasteiger partial charge is 0.352 e. The lowest BCUT2D eigenvalue weighted by atomic mass is 9.86. The van der Waals surface area contributed by atoms with Crippen LogP contribution in [-0.2, 0) is 12.7 Å². The fourth-order valence-corrected chi connectivity index (χ4v) is 3.74. The number of amides is 1. The summed E-state index contributed by atoms with van der Waals surface area (Å²) >= 11 is 0. The molecular weight excluding hydrogens is 398 g/mol. The molecule has 1 aromatic carbocycles. The van der Waals surface area contributed by atoms with Gasteiger partial charge in [0.15, 0.2) is 0 Å². The number of halogens is 4. The standard InChI is InChI=1S/C22H25F4N3O/c1-14-3-2-8-27-20(14)13-28-19-6-4-15(5-7-19)12-29-21(30)16-9-17(22(24,25)26)11-18(23)10-16/h2-3,8-11,15,19,28H,4-7,12-13H2,1H3,(H,29,30)/t15-,19+. The van der Waals surface area contributed by atoms with Crippen LogP contribution in [0.25, 0.3) is 0 Å². The molecule has 0 bridgehead atoms.